The second kappa shape index (κ2) is 5.22. The molecule has 0 bridgehead atoms. The fraction of sp³-hybridized carbons (Fsp3) is 0.833. The monoisotopic (exact) mass is 179 g/mol. The molecule has 0 aliphatic rings. The molecule has 0 radical (unpaired) electrons. The highest BCUT2D eigenvalue weighted by atomic mass is 31.1. The maximum absolute atomic E-state index is 10.8. The Bertz CT molecular complexity index is 157. The Morgan fingerprint density at radius 3 is 2.64 bits per heavy atom. The fourth-order valence-electron chi connectivity index (χ4n) is 0.593. The van der Waals surface area contributed by atoms with E-state index < -0.39 is 19.9 Å². The van der Waals surface area contributed by atoms with E-state index in [1.54, 1.807) is 13.8 Å². The van der Waals surface area contributed by atoms with Gasteiger partial charge in [-0.3, -0.25) is 4.79 Å². The van der Waals surface area contributed by atoms with Crippen LogP contribution in [0.4, 0.5) is 0 Å². The van der Waals surface area contributed by atoms with Crippen molar-refractivity contribution in [3.63, 3.8) is 0 Å². The highest BCUT2D eigenvalue weighted by Crippen LogP contribution is 2.18. The molecule has 0 aromatic carbocycles. The number of carbonyl (C=O) groups excluding carboxylic acids is 1. The molecule has 0 saturated heterocycles. The van der Waals surface area contributed by atoms with Crippen LogP contribution < -0.4 is 0 Å². The molecule has 0 aromatic heterocycles. The van der Waals surface area contributed by atoms with Crippen LogP contribution in [0.1, 0.15) is 13.8 Å². The van der Waals surface area contributed by atoms with Gasteiger partial charge in [0, 0.05) is 0 Å². The molecule has 4 nitrogen and oxygen atoms in total. The van der Waals surface area contributed by atoms with E-state index in [0.29, 0.717) is 6.61 Å². The first kappa shape index (κ1) is 10.5. The third-order valence-corrected chi connectivity index (χ3v) is 1.98. The topological polar surface area (TPSA) is 63.6 Å². The van der Waals surface area contributed by atoms with Crippen molar-refractivity contribution in [1.82, 2.24) is 0 Å². The van der Waals surface area contributed by atoms with E-state index in [0.717, 1.165) is 0 Å². The number of ether oxygens (including phenoxy) is 1. The Hall–Kier alpha value is -0.470. The molecule has 2 atom stereocenters. The van der Waals surface area contributed by atoms with Gasteiger partial charge in [-0.25, -0.2) is 0 Å². The van der Waals surface area contributed by atoms with Crippen molar-refractivity contribution < 1.29 is 19.0 Å². The Balaban J connectivity index is 3.73. The Morgan fingerprint density at radius 1 is 1.73 bits per heavy atom. The molecule has 0 spiro atoms. The summed E-state index contributed by atoms with van der Waals surface area (Å²) in [6.45, 7) is 3.58. The number of hydrogen-bond donors (Lipinski definition) is 1. The molecule has 0 aliphatic heterocycles. The maximum atomic E-state index is 10.8. The van der Waals surface area contributed by atoms with Crippen LogP contribution in [-0.4, -0.2) is 23.6 Å². The van der Waals surface area contributed by atoms with Gasteiger partial charge in [0.2, 0.25) is 0 Å². The van der Waals surface area contributed by atoms with Crippen LogP contribution >= 0.6 is 8.03 Å². The zero-order chi connectivity index (χ0) is 8.85. The highest BCUT2D eigenvalue weighted by Gasteiger charge is 2.24. The third kappa shape index (κ3) is 4.87. The minimum absolute atomic E-state index is 0.0197. The van der Waals surface area contributed by atoms with Gasteiger partial charge in [-0.2, -0.15) is 4.89 Å². The molecule has 0 fully saturated rings. The zero-order valence-corrected chi connectivity index (χ0v) is 7.51. The molecule has 1 N–H and O–H groups in total. The molecule has 0 saturated carbocycles. The van der Waals surface area contributed by atoms with Gasteiger partial charge in [-0.15, -0.1) is 0 Å². The molecular formula is C6H12O4P+. The molecule has 5 heteroatoms. The van der Waals surface area contributed by atoms with Crippen LogP contribution in [0.25, 0.3) is 0 Å². The van der Waals surface area contributed by atoms with Crippen molar-refractivity contribution in [3.8, 4) is 0 Å². The van der Waals surface area contributed by atoms with Crippen molar-refractivity contribution in [2.75, 3.05) is 12.8 Å². The summed E-state index contributed by atoms with van der Waals surface area (Å²) in [5.41, 5.74) is 0. The van der Waals surface area contributed by atoms with Crippen LogP contribution in [0.3, 0.4) is 0 Å². The number of rotatable bonds is 4. The van der Waals surface area contributed by atoms with E-state index >= 15 is 0 Å². The minimum atomic E-state index is -2.23. The average molecular weight is 179 g/mol. The normalized spacial score (nSPS) is 13.9. The van der Waals surface area contributed by atoms with Gasteiger partial charge in [-0.05, 0) is 18.4 Å². The lowest BCUT2D eigenvalue weighted by atomic mass is 10.2. The fourth-order valence-corrected chi connectivity index (χ4v) is 1.21. The molecule has 0 aliphatic carbocycles. The van der Waals surface area contributed by atoms with Crippen molar-refractivity contribution >= 4 is 14.0 Å². The van der Waals surface area contributed by atoms with Crippen molar-refractivity contribution in [2.45, 2.75) is 13.8 Å². The van der Waals surface area contributed by atoms with Gasteiger partial charge in [-0.1, -0.05) is 0 Å². The predicted octanol–water partition coefficient (Wildman–Crippen LogP) is 0.920. The summed E-state index contributed by atoms with van der Waals surface area (Å²) in [4.78, 5) is 19.3. The third-order valence-electron chi connectivity index (χ3n) is 1.12. The van der Waals surface area contributed by atoms with E-state index in [2.05, 4.69) is 4.74 Å². The summed E-state index contributed by atoms with van der Waals surface area (Å²) in [6, 6.07) is 0. The van der Waals surface area contributed by atoms with E-state index in [9.17, 15) is 9.36 Å². The average Bonchev–Trinajstić information content (AvgIpc) is 1.86. The van der Waals surface area contributed by atoms with Crippen LogP contribution in [0, 0.1) is 5.92 Å². The van der Waals surface area contributed by atoms with E-state index in [1.807, 2.05) is 0 Å². The first-order valence-corrected chi connectivity index (χ1v) is 4.77. The summed E-state index contributed by atoms with van der Waals surface area (Å²) in [6.07, 6.45) is -0.0197. The van der Waals surface area contributed by atoms with Crippen LogP contribution in [0.5, 0.6) is 0 Å². The Morgan fingerprint density at radius 2 is 2.27 bits per heavy atom. The minimum Gasteiger partial charge on any atom is -0.466 e. The summed E-state index contributed by atoms with van der Waals surface area (Å²) in [5.74, 6) is -0.895. The summed E-state index contributed by atoms with van der Waals surface area (Å²) >= 11 is 0. The van der Waals surface area contributed by atoms with E-state index in [1.165, 1.54) is 0 Å². The van der Waals surface area contributed by atoms with E-state index in [-0.39, 0.29) is 6.16 Å². The summed E-state index contributed by atoms with van der Waals surface area (Å²) in [5, 5.41) is 0. The van der Waals surface area contributed by atoms with Gasteiger partial charge in [0.1, 0.15) is 5.92 Å². The second-order valence-corrected chi connectivity index (χ2v) is 3.26. The second-order valence-electron chi connectivity index (χ2n) is 2.19. The van der Waals surface area contributed by atoms with Gasteiger partial charge in [0.25, 0.3) is 0 Å². The zero-order valence-electron chi connectivity index (χ0n) is 6.61. The van der Waals surface area contributed by atoms with Crippen molar-refractivity contribution in [3.05, 3.63) is 0 Å². The molecular weight excluding hydrogens is 167 g/mol. The van der Waals surface area contributed by atoms with Gasteiger partial charge >= 0.3 is 14.0 Å². The van der Waals surface area contributed by atoms with Gasteiger partial charge < -0.3 is 4.74 Å². The number of hydrogen-bond acceptors (Lipinski definition) is 3. The number of esters is 1. The van der Waals surface area contributed by atoms with Crippen molar-refractivity contribution in [2.24, 2.45) is 5.92 Å². The smallest absolute Gasteiger partial charge is 0.466 e. The lowest BCUT2D eigenvalue weighted by molar-refractivity contribution is -0.146. The highest BCUT2D eigenvalue weighted by molar-refractivity contribution is 7.38. The summed E-state index contributed by atoms with van der Waals surface area (Å²) < 4.78 is 14.9. The summed E-state index contributed by atoms with van der Waals surface area (Å²) in [7, 11) is -2.23. The molecule has 0 amide bonds. The largest absolute Gasteiger partial charge is 0.506 e. The first-order chi connectivity index (χ1) is 5.07. The molecule has 0 rings (SSSR count). The molecule has 64 valence electrons. The van der Waals surface area contributed by atoms with Crippen LogP contribution in [0.2, 0.25) is 0 Å². The SMILES string of the molecule is CCOC(=O)C(C)C[P+](=O)O. The lowest BCUT2D eigenvalue weighted by Gasteiger charge is -2.02. The quantitative estimate of drug-likeness (QED) is 0.514. The molecule has 0 heterocycles. The van der Waals surface area contributed by atoms with Gasteiger partial charge in [0.15, 0.2) is 6.16 Å². The first-order valence-electron chi connectivity index (χ1n) is 3.38. The number of carbonyl (C=O) groups is 1. The van der Waals surface area contributed by atoms with Gasteiger partial charge in [0.05, 0.1) is 6.61 Å². The molecule has 11 heavy (non-hydrogen) atoms. The molecule has 2 unspecified atom stereocenters. The lowest BCUT2D eigenvalue weighted by Crippen LogP contribution is -2.16. The Labute approximate surface area is 66.4 Å². The van der Waals surface area contributed by atoms with Crippen molar-refractivity contribution in [1.29, 1.82) is 0 Å². The standard InChI is InChI=1S/C6H11O4P/c1-3-10-6(7)5(2)4-11(8)9/h5H,3-4H2,1-2H3/p+1. The van der Waals surface area contributed by atoms with Crippen LogP contribution in [0.15, 0.2) is 0 Å². The maximum Gasteiger partial charge on any atom is 0.506 e. The Kier molecular flexibility index (Phi) is 4.99. The predicted molar refractivity (Wildman–Crippen MR) is 40.5 cm³/mol. The molecule has 0 aromatic rings. The van der Waals surface area contributed by atoms with E-state index in [4.69, 9.17) is 4.89 Å². The van der Waals surface area contributed by atoms with Crippen LogP contribution in [-0.2, 0) is 14.1 Å².